The first-order valence-corrected chi connectivity index (χ1v) is 9.43. The van der Waals surface area contributed by atoms with Gasteiger partial charge in [-0.2, -0.15) is 10.2 Å². The Hall–Kier alpha value is -3.26. The van der Waals surface area contributed by atoms with Crippen molar-refractivity contribution >= 4 is 17.2 Å². The van der Waals surface area contributed by atoms with Crippen LogP contribution >= 0.6 is 11.3 Å². The lowest BCUT2D eigenvalue weighted by molar-refractivity contribution is 0.0953. The van der Waals surface area contributed by atoms with Gasteiger partial charge in [0.1, 0.15) is 0 Å². The molecule has 0 aliphatic rings. The number of carbonyl (C=O) groups is 1. The fourth-order valence-corrected chi connectivity index (χ4v) is 3.56. The van der Waals surface area contributed by atoms with Gasteiger partial charge in [0, 0.05) is 30.7 Å². The van der Waals surface area contributed by atoms with Crippen LogP contribution in [-0.4, -0.2) is 37.0 Å². The molecule has 27 heavy (non-hydrogen) atoms. The molecule has 0 atom stereocenters. The quantitative estimate of drug-likeness (QED) is 0.560. The van der Waals surface area contributed by atoms with Crippen molar-refractivity contribution in [2.45, 2.75) is 13.3 Å². The maximum Gasteiger partial charge on any atom is 0.254 e. The summed E-state index contributed by atoms with van der Waals surface area (Å²) in [5.41, 5.74) is 3.26. The molecule has 3 aromatic heterocycles. The molecule has 0 saturated carbocycles. The molecule has 0 spiro atoms. The van der Waals surface area contributed by atoms with Gasteiger partial charge in [-0.3, -0.25) is 4.79 Å². The highest BCUT2D eigenvalue weighted by atomic mass is 32.1. The third-order valence-electron chi connectivity index (χ3n) is 4.16. The third kappa shape index (κ3) is 3.65. The third-order valence-corrected chi connectivity index (χ3v) is 5.04. The number of benzene rings is 1. The summed E-state index contributed by atoms with van der Waals surface area (Å²) in [5, 5.41) is 14.3. The summed E-state index contributed by atoms with van der Waals surface area (Å²) >= 11 is 1.53. The lowest BCUT2D eigenvalue weighted by Crippen LogP contribution is -2.26. The van der Waals surface area contributed by atoms with Gasteiger partial charge in [0.2, 0.25) is 5.13 Å². The van der Waals surface area contributed by atoms with Gasteiger partial charge in [0.05, 0.1) is 28.8 Å². The second-order valence-electron chi connectivity index (χ2n) is 5.97. The summed E-state index contributed by atoms with van der Waals surface area (Å²) in [4.78, 5) is 17.0. The van der Waals surface area contributed by atoms with E-state index < -0.39 is 0 Å². The lowest BCUT2D eigenvalue weighted by Gasteiger charge is -2.06. The van der Waals surface area contributed by atoms with Crippen LogP contribution in [0.5, 0.6) is 0 Å². The SMILES string of the molecule is Cc1c(C(=O)NCCc2csc(-n3cccn3)n2)cnn1-c1ccccc1. The Balaban J connectivity index is 1.37. The van der Waals surface area contributed by atoms with E-state index in [2.05, 4.69) is 20.5 Å². The molecule has 0 fully saturated rings. The Morgan fingerprint density at radius 3 is 2.81 bits per heavy atom. The number of rotatable bonds is 6. The number of para-hydroxylation sites is 1. The van der Waals surface area contributed by atoms with Crippen LogP contribution in [0.3, 0.4) is 0 Å². The molecule has 0 aliphatic carbocycles. The molecule has 3 heterocycles. The van der Waals surface area contributed by atoms with Crippen LogP contribution in [0.15, 0.2) is 60.4 Å². The molecule has 4 rings (SSSR count). The minimum Gasteiger partial charge on any atom is -0.352 e. The topological polar surface area (TPSA) is 77.6 Å². The summed E-state index contributed by atoms with van der Waals surface area (Å²) < 4.78 is 3.50. The molecule has 1 aromatic carbocycles. The summed E-state index contributed by atoms with van der Waals surface area (Å²) in [5.74, 6) is -0.128. The predicted octanol–water partition coefficient (Wildman–Crippen LogP) is 2.80. The Morgan fingerprint density at radius 2 is 2.04 bits per heavy atom. The van der Waals surface area contributed by atoms with Crippen molar-refractivity contribution in [1.29, 1.82) is 0 Å². The average molecular weight is 378 g/mol. The number of thiazole rings is 1. The normalized spacial score (nSPS) is 10.9. The molecule has 0 bridgehead atoms. The van der Waals surface area contributed by atoms with Gasteiger partial charge in [0.15, 0.2) is 0 Å². The lowest BCUT2D eigenvalue weighted by atomic mass is 10.2. The van der Waals surface area contributed by atoms with E-state index in [0.717, 1.165) is 22.2 Å². The van der Waals surface area contributed by atoms with Crippen molar-refractivity contribution in [3.8, 4) is 10.8 Å². The van der Waals surface area contributed by atoms with Crippen molar-refractivity contribution < 1.29 is 4.79 Å². The minimum absolute atomic E-state index is 0.128. The fourth-order valence-electron chi connectivity index (χ4n) is 2.76. The number of aromatic nitrogens is 5. The standard InChI is InChI=1S/C19H18N6OS/c1-14-17(12-22-25(14)16-6-3-2-4-7-16)18(26)20-10-8-15-13-27-19(23-15)24-11-5-9-21-24/h2-7,9,11-13H,8,10H2,1H3,(H,20,26). The van der Waals surface area contributed by atoms with E-state index >= 15 is 0 Å². The fraction of sp³-hybridized carbons (Fsp3) is 0.158. The largest absolute Gasteiger partial charge is 0.352 e. The monoisotopic (exact) mass is 378 g/mol. The first-order chi connectivity index (χ1) is 13.2. The van der Waals surface area contributed by atoms with Crippen LogP contribution in [0.25, 0.3) is 10.8 Å². The summed E-state index contributed by atoms with van der Waals surface area (Å²) in [7, 11) is 0. The van der Waals surface area contributed by atoms with Gasteiger partial charge in [-0.25, -0.2) is 14.3 Å². The van der Waals surface area contributed by atoms with Crippen molar-refractivity contribution in [2.75, 3.05) is 6.54 Å². The Morgan fingerprint density at radius 1 is 1.19 bits per heavy atom. The zero-order valence-electron chi connectivity index (χ0n) is 14.7. The van der Waals surface area contributed by atoms with Crippen LogP contribution in [0, 0.1) is 6.92 Å². The maximum absolute atomic E-state index is 12.5. The van der Waals surface area contributed by atoms with E-state index in [4.69, 9.17) is 0 Å². The van der Waals surface area contributed by atoms with Gasteiger partial charge in [-0.1, -0.05) is 18.2 Å². The van der Waals surface area contributed by atoms with Gasteiger partial charge >= 0.3 is 0 Å². The molecule has 136 valence electrons. The molecule has 0 aliphatic heterocycles. The van der Waals surface area contributed by atoms with E-state index in [1.54, 1.807) is 21.8 Å². The van der Waals surface area contributed by atoms with E-state index in [-0.39, 0.29) is 5.91 Å². The van der Waals surface area contributed by atoms with Crippen molar-refractivity contribution in [2.24, 2.45) is 0 Å². The zero-order valence-corrected chi connectivity index (χ0v) is 15.6. The second-order valence-corrected chi connectivity index (χ2v) is 6.81. The van der Waals surface area contributed by atoms with E-state index in [0.29, 0.717) is 18.5 Å². The first kappa shape index (κ1) is 17.2. The van der Waals surface area contributed by atoms with Crippen LogP contribution in [-0.2, 0) is 6.42 Å². The zero-order chi connectivity index (χ0) is 18.6. The number of nitrogens with zero attached hydrogens (tertiary/aromatic N) is 5. The smallest absolute Gasteiger partial charge is 0.254 e. The average Bonchev–Trinajstić information content (AvgIpc) is 3.43. The Bertz CT molecular complexity index is 1040. The molecule has 1 N–H and O–H groups in total. The van der Waals surface area contributed by atoms with Crippen molar-refractivity contribution in [3.05, 3.63) is 77.3 Å². The summed E-state index contributed by atoms with van der Waals surface area (Å²) in [6.45, 7) is 2.41. The highest BCUT2D eigenvalue weighted by Gasteiger charge is 2.15. The van der Waals surface area contributed by atoms with Gasteiger partial charge < -0.3 is 5.32 Å². The van der Waals surface area contributed by atoms with Gasteiger partial charge in [0.25, 0.3) is 5.91 Å². The number of amides is 1. The number of hydrogen-bond acceptors (Lipinski definition) is 5. The van der Waals surface area contributed by atoms with Crippen LogP contribution in [0.2, 0.25) is 0 Å². The second kappa shape index (κ2) is 7.55. The molecule has 0 unspecified atom stereocenters. The highest BCUT2D eigenvalue weighted by molar-refractivity contribution is 7.12. The maximum atomic E-state index is 12.5. The van der Waals surface area contributed by atoms with E-state index in [1.165, 1.54) is 11.3 Å². The molecular weight excluding hydrogens is 360 g/mol. The van der Waals surface area contributed by atoms with Crippen LogP contribution < -0.4 is 5.32 Å². The number of nitrogens with one attached hydrogen (secondary N) is 1. The Labute approximate surface area is 160 Å². The van der Waals surface area contributed by atoms with E-state index in [9.17, 15) is 4.79 Å². The molecule has 0 saturated heterocycles. The molecule has 4 aromatic rings. The highest BCUT2D eigenvalue weighted by Crippen LogP contribution is 2.15. The van der Waals surface area contributed by atoms with Gasteiger partial charge in [-0.05, 0) is 25.1 Å². The summed E-state index contributed by atoms with van der Waals surface area (Å²) in [6.07, 6.45) is 5.85. The van der Waals surface area contributed by atoms with Gasteiger partial charge in [-0.15, -0.1) is 11.3 Å². The molecule has 1 amide bonds. The predicted molar refractivity (Wildman–Crippen MR) is 104 cm³/mol. The first-order valence-electron chi connectivity index (χ1n) is 8.55. The van der Waals surface area contributed by atoms with Crippen LogP contribution in [0.1, 0.15) is 21.7 Å². The number of carbonyl (C=O) groups excluding carboxylic acids is 1. The number of hydrogen-bond donors (Lipinski definition) is 1. The molecule has 0 radical (unpaired) electrons. The molecule has 8 heteroatoms. The minimum atomic E-state index is -0.128. The summed E-state index contributed by atoms with van der Waals surface area (Å²) in [6, 6.07) is 11.6. The van der Waals surface area contributed by atoms with E-state index in [1.807, 2.05) is 54.9 Å². The van der Waals surface area contributed by atoms with Crippen LogP contribution in [0.4, 0.5) is 0 Å². The molecule has 7 nitrogen and oxygen atoms in total. The molecular formula is C19H18N6OS. The van der Waals surface area contributed by atoms with Crippen molar-refractivity contribution in [1.82, 2.24) is 29.9 Å². The van der Waals surface area contributed by atoms with Crippen molar-refractivity contribution in [3.63, 3.8) is 0 Å². The Kier molecular flexibility index (Phi) is 4.80.